The molecule has 1 fully saturated rings. The average molecular weight is 98.1 g/mol. The third kappa shape index (κ3) is 0.561. The van der Waals surface area contributed by atoms with Gasteiger partial charge in [0.1, 0.15) is 5.78 Å². The van der Waals surface area contributed by atoms with Crippen molar-refractivity contribution >= 4 is 5.78 Å². The lowest BCUT2D eigenvalue weighted by molar-refractivity contribution is -0.133. The summed E-state index contributed by atoms with van der Waals surface area (Å²) in [6.07, 6.45) is 1.11. The first-order valence-electron chi connectivity index (χ1n) is 2.75. The summed E-state index contributed by atoms with van der Waals surface area (Å²) in [5.41, 5.74) is 0. The van der Waals surface area contributed by atoms with Gasteiger partial charge in [0.2, 0.25) is 0 Å². The fraction of sp³-hybridized carbons (Fsp3) is 0.833. The molecule has 0 saturated heterocycles. The Morgan fingerprint density at radius 1 is 1.43 bits per heavy atom. The van der Waals surface area contributed by atoms with Crippen LogP contribution in [0.3, 0.4) is 0 Å². The zero-order chi connectivity index (χ0) is 5.44. The summed E-state index contributed by atoms with van der Waals surface area (Å²) in [5.74, 6) is 1.19. The van der Waals surface area contributed by atoms with Crippen molar-refractivity contribution in [3.05, 3.63) is 0 Å². The number of Topliss-reactive ketones (excluding diaryl/α,β-unsaturated/α-hetero) is 1. The van der Waals surface area contributed by atoms with Gasteiger partial charge in [-0.05, 0) is 6.42 Å². The molecule has 1 nitrogen and oxygen atoms in total. The van der Waals surface area contributed by atoms with Gasteiger partial charge in [0.15, 0.2) is 0 Å². The molecule has 0 aliphatic heterocycles. The predicted molar refractivity (Wildman–Crippen MR) is 28.0 cm³/mol. The van der Waals surface area contributed by atoms with Crippen molar-refractivity contribution in [2.75, 3.05) is 0 Å². The molecular weight excluding hydrogens is 88.1 g/mol. The van der Waals surface area contributed by atoms with E-state index in [4.69, 9.17) is 0 Å². The highest BCUT2D eigenvalue weighted by molar-refractivity contribution is 5.88. The van der Waals surface area contributed by atoms with Crippen LogP contribution >= 0.6 is 0 Å². The van der Waals surface area contributed by atoms with Gasteiger partial charge in [-0.2, -0.15) is 0 Å². The third-order valence-corrected chi connectivity index (χ3v) is 1.68. The van der Waals surface area contributed by atoms with Crippen LogP contribution in [0.4, 0.5) is 0 Å². The van der Waals surface area contributed by atoms with Gasteiger partial charge in [0.05, 0.1) is 0 Å². The van der Waals surface area contributed by atoms with E-state index in [9.17, 15) is 4.79 Å². The molecule has 0 radical (unpaired) electrons. The van der Waals surface area contributed by atoms with Crippen LogP contribution in [-0.2, 0) is 4.79 Å². The molecule has 1 unspecified atom stereocenters. The Morgan fingerprint density at radius 2 is 1.86 bits per heavy atom. The lowest BCUT2D eigenvalue weighted by Crippen LogP contribution is -2.32. The van der Waals surface area contributed by atoms with Gasteiger partial charge in [-0.15, -0.1) is 0 Å². The number of hydrogen-bond donors (Lipinski definition) is 0. The van der Waals surface area contributed by atoms with Crippen LogP contribution in [0.15, 0.2) is 0 Å². The van der Waals surface area contributed by atoms with Gasteiger partial charge in [-0.1, -0.05) is 13.8 Å². The van der Waals surface area contributed by atoms with E-state index in [2.05, 4.69) is 0 Å². The number of hydrogen-bond acceptors (Lipinski definition) is 1. The van der Waals surface area contributed by atoms with Gasteiger partial charge in [-0.3, -0.25) is 4.79 Å². The van der Waals surface area contributed by atoms with E-state index in [0.29, 0.717) is 17.6 Å². The Kier molecular flexibility index (Phi) is 0.911. The molecule has 1 saturated carbocycles. The zero-order valence-electron chi connectivity index (χ0n) is 4.77. The minimum atomic E-state index is 0.370. The molecule has 0 aromatic heterocycles. The second-order valence-corrected chi connectivity index (χ2v) is 2.44. The largest absolute Gasteiger partial charge is 0.299 e. The van der Waals surface area contributed by atoms with E-state index in [0.717, 1.165) is 6.42 Å². The normalized spacial score (nSPS) is 40.6. The van der Waals surface area contributed by atoms with Gasteiger partial charge < -0.3 is 0 Å². The molecule has 0 N–H and O–H groups in total. The van der Waals surface area contributed by atoms with Crippen molar-refractivity contribution in [3.63, 3.8) is 0 Å². The summed E-state index contributed by atoms with van der Waals surface area (Å²) in [4.78, 5) is 10.6. The van der Waals surface area contributed by atoms with Crippen LogP contribution in [0.25, 0.3) is 0 Å². The highest BCUT2D eigenvalue weighted by Gasteiger charge is 2.31. The van der Waals surface area contributed by atoms with E-state index in [1.54, 1.807) is 0 Å². The fourth-order valence-corrected chi connectivity index (χ4v) is 1.09. The van der Waals surface area contributed by atoms with Crippen LogP contribution in [0.1, 0.15) is 20.3 Å². The summed E-state index contributed by atoms with van der Waals surface area (Å²) in [6, 6.07) is 0. The van der Waals surface area contributed by atoms with Gasteiger partial charge in [0.25, 0.3) is 0 Å². The van der Waals surface area contributed by atoms with Crippen molar-refractivity contribution in [1.29, 1.82) is 0 Å². The second kappa shape index (κ2) is 1.32. The van der Waals surface area contributed by atoms with Crippen LogP contribution in [0.2, 0.25) is 0 Å². The lowest BCUT2D eigenvalue weighted by Gasteiger charge is -2.26. The molecule has 40 valence electrons. The molecule has 0 bridgehead atoms. The Hall–Kier alpha value is -0.330. The van der Waals surface area contributed by atoms with Crippen LogP contribution in [-0.4, -0.2) is 5.78 Å². The molecule has 1 aliphatic rings. The number of carbonyl (C=O) groups is 1. The highest BCUT2D eigenvalue weighted by Crippen LogP contribution is 2.27. The van der Waals surface area contributed by atoms with Crippen molar-refractivity contribution in [1.82, 2.24) is 0 Å². The molecular formula is C6H10O. The average Bonchev–Trinajstić information content (AvgIpc) is 1.68. The Morgan fingerprint density at radius 3 is 1.86 bits per heavy atom. The standard InChI is InChI=1S/C6H10O/c1-4-3-5(2)6(4)7/h4-5H,3H2,1-2H3/t4-,5?/m0/s1. The van der Waals surface area contributed by atoms with E-state index in [-0.39, 0.29) is 0 Å². The van der Waals surface area contributed by atoms with Crippen LogP contribution in [0.5, 0.6) is 0 Å². The maximum Gasteiger partial charge on any atom is 0.138 e. The number of carbonyl (C=O) groups excluding carboxylic acids is 1. The monoisotopic (exact) mass is 98.1 g/mol. The van der Waals surface area contributed by atoms with Crippen molar-refractivity contribution in [2.45, 2.75) is 20.3 Å². The molecule has 1 heteroatoms. The van der Waals surface area contributed by atoms with Gasteiger partial charge in [0, 0.05) is 11.8 Å². The summed E-state index contributed by atoms with van der Waals surface area (Å²) in [6.45, 7) is 3.98. The van der Waals surface area contributed by atoms with Crippen LogP contribution < -0.4 is 0 Å². The predicted octanol–water partition coefficient (Wildman–Crippen LogP) is 1.23. The zero-order valence-corrected chi connectivity index (χ0v) is 4.77. The smallest absolute Gasteiger partial charge is 0.138 e. The molecule has 1 rings (SSSR count). The SMILES string of the molecule is CC1C[C@H](C)C1=O. The topological polar surface area (TPSA) is 17.1 Å². The fourth-order valence-electron chi connectivity index (χ4n) is 1.09. The van der Waals surface area contributed by atoms with E-state index >= 15 is 0 Å². The summed E-state index contributed by atoms with van der Waals surface area (Å²) in [5, 5.41) is 0. The van der Waals surface area contributed by atoms with Gasteiger partial charge in [-0.25, -0.2) is 0 Å². The van der Waals surface area contributed by atoms with Crippen LogP contribution in [0, 0.1) is 11.8 Å². The minimum absolute atomic E-state index is 0.370. The van der Waals surface area contributed by atoms with Crippen molar-refractivity contribution in [3.8, 4) is 0 Å². The first-order valence-corrected chi connectivity index (χ1v) is 2.75. The summed E-state index contributed by atoms with van der Waals surface area (Å²) < 4.78 is 0. The summed E-state index contributed by atoms with van der Waals surface area (Å²) >= 11 is 0. The molecule has 0 aromatic rings. The molecule has 0 heterocycles. The molecule has 2 atom stereocenters. The van der Waals surface area contributed by atoms with E-state index < -0.39 is 0 Å². The first-order chi connectivity index (χ1) is 3.22. The quantitative estimate of drug-likeness (QED) is 0.445. The van der Waals surface area contributed by atoms with E-state index in [1.165, 1.54) is 0 Å². The Balaban J connectivity index is 2.44. The Bertz CT molecular complexity index is 86.4. The number of ketones is 1. The first kappa shape index (κ1) is 4.82. The maximum absolute atomic E-state index is 10.6. The molecule has 0 amide bonds. The second-order valence-electron chi connectivity index (χ2n) is 2.44. The Labute approximate surface area is 43.7 Å². The third-order valence-electron chi connectivity index (χ3n) is 1.68. The van der Waals surface area contributed by atoms with Crippen molar-refractivity contribution < 1.29 is 4.79 Å². The molecule has 0 spiro atoms. The maximum atomic E-state index is 10.6. The van der Waals surface area contributed by atoms with Gasteiger partial charge >= 0.3 is 0 Å². The van der Waals surface area contributed by atoms with E-state index in [1.807, 2.05) is 13.8 Å². The summed E-state index contributed by atoms with van der Waals surface area (Å²) in [7, 11) is 0. The minimum Gasteiger partial charge on any atom is -0.299 e. The molecule has 7 heavy (non-hydrogen) atoms. The number of rotatable bonds is 0. The highest BCUT2D eigenvalue weighted by atomic mass is 16.1. The molecule has 1 aliphatic carbocycles. The van der Waals surface area contributed by atoms with Crippen molar-refractivity contribution in [2.24, 2.45) is 11.8 Å². The lowest BCUT2D eigenvalue weighted by atomic mass is 9.76. The molecule has 0 aromatic carbocycles.